The molecule has 2 N–H and O–H groups in total. The minimum atomic E-state index is -4.48. The number of anilines is 1. The molecule has 2 aromatic heterocycles. The van der Waals surface area contributed by atoms with Gasteiger partial charge in [0, 0.05) is 18.7 Å². The Hall–Kier alpha value is -3.42. The first kappa shape index (κ1) is 26.2. The largest absolute Gasteiger partial charge is 0.471 e. The van der Waals surface area contributed by atoms with Crippen molar-refractivity contribution < 1.29 is 26.3 Å². The van der Waals surface area contributed by atoms with E-state index in [-0.39, 0.29) is 28.8 Å². The van der Waals surface area contributed by atoms with Crippen LogP contribution in [-0.2, 0) is 10.0 Å². The van der Waals surface area contributed by atoms with E-state index >= 15 is 4.39 Å². The standard InChI is InChI=1S/C24H22ClF3N6O3S/c1-12-20-23(32-31-12)29-22(30-24(20)37-18-8-9-34(2)11-16(18)27)13-6-7-17(15(26)10-13)33-38(35,36)19-5-3-4-14(25)21(19)28/h3-7,10,16,18,33H,8-9,11H2,1-2H3,(H,29,30,31,32)/t16-,18+/m0/s1. The number of benzene rings is 2. The third-order valence-electron chi connectivity index (χ3n) is 6.19. The third-order valence-corrected chi connectivity index (χ3v) is 7.87. The van der Waals surface area contributed by atoms with Gasteiger partial charge in [-0.25, -0.2) is 26.6 Å². The van der Waals surface area contributed by atoms with Crippen LogP contribution in [0.5, 0.6) is 5.88 Å². The van der Waals surface area contributed by atoms with E-state index in [9.17, 15) is 17.2 Å². The minimum Gasteiger partial charge on any atom is -0.471 e. The first-order chi connectivity index (χ1) is 18.0. The molecule has 0 radical (unpaired) electrons. The molecule has 14 heteroatoms. The molecule has 1 fully saturated rings. The van der Waals surface area contributed by atoms with Gasteiger partial charge in [0.2, 0.25) is 5.88 Å². The molecule has 0 saturated carbocycles. The first-order valence-electron chi connectivity index (χ1n) is 11.5. The second kappa shape index (κ2) is 10.0. The van der Waals surface area contributed by atoms with Crippen molar-refractivity contribution in [2.45, 2.75) is 30.5 Å². The molecule has 1 aliphatic heterocycles. The lowest BCUT2D eigenvalue weighted by Gasteiger charge is -2.32. The number of hydrogen-bond donors (Lipinski definition) is 2. The number of aromatic amines is 1. The molecule has 4 aromatic rings. The zero-order chi connectivity index (χ0) is 27.2. The average Bonchev–Trinajstić information content (AvgIpc) is 3.24. The van der Waals surface area contributed by atoms with Crippen LogP contribution in [0.3, 0.4) is 0 Å². The Morgan fingerprint density at radius 1 is 1.21 bits per heavy atom. The van der Waals surface area contributed by atoms with Crippen LogP contribution < -0.4 is 9.46 Å². The lowest BCUT2D eigenvalue weighted by atomic mass is 10.1. The van der Waals surface area contributed by atoms with Crippen LogP contribution in [0.2, 0.25) is 5.02 Å². The molecule has 1 aliphatic rings. The monoisotopic (exact) mass is 566 g/mol. The van der Waals surface area contributed by atoms with E-state index in [4.69, 9.17) is 16.3 Å². The normalized spacial score (nSPS) is 18.6. The van der Waals surface area contributed by atoms with Gasteiger partial charge >= 0.3 is 0 Å². The molecule has 0 bridgehead atoms. The maximum absolute atomic E-state index is 15.0. The SMILES string of the molecule is Cc1n[nH]c2nc(-c3ccc(NS(=O)(=O)c4cccc(Cl)c4F)c(F)c3)nc(O[C@@H]3CCN(C)C[C@@H]3F)c12. The topological polar surface area (TPSA) is 113 Å². The predicted octanol–water partition coefficient (Wildman–Crippen LogP) is 4.48. The highest BCUT2D eigenvalue weighted by molar-refractivity contribution is 7.92. The number of nitrogens with zero attached hydrogens (tertiary/aromatic N) is 4. The second-order valence-electron chi connectivity index (χ2n) is 8.96. The molecule has 0 spiro atoms. The van der Waals surface area contributed by atoms with Crippen molar-refractivity contribution in [2.24, 2.45) is 0 Å². The summed E-state index contributed by atoms with van der Waals surface area (Å²) in [6.07, 6.45) is -1.51. The number of likely N-dealkylation sites (tertiary alicyclic amines) is 1. The number of alkyl halides is 1. The van der Waals surface area contributed by atoms with E-state index in [2.05, 4.69) is 20.2 Å². The summed E-state index contributed by atoms with van der Waals surface area (Å²) in [5.74, 6) is -1.95. The number of piperidine rings is 1. The number of aromatic nitrogens is 4. The third kappa shape index (κ3) is 5.00. The fraction of sp³-hybridized carbons (Fsp3) is 0.292. The van der Waals surface area contributed by atoms with Crippen LogP contribution >= 0.6 is 11.6 Å². The van der Waals surface area contributed by atoms with Gasteiger partial charge in [-0.15, -0.1) is 0 Å². The van der Waals surface area contributed by atoms with Gasteiger partial charge in [-0.3, -0.25) is 9.82 Å². The maximum Gasteiger partial charge on any atom is 0.264 e. The summed E-state index contributed by atoms with van der Waals surface area (Å²) in [6.45, 7) is 2.59. The van der Waals surface area contributed by atoms with Crippen LogP contribution in [0.25, 0.3) is 22.4 Å². The quantitative estimate of drug-likeness (QED) is 0.354. The maximum atomic E-state index is 15.0. The highest BCUT2D eigenvalue weighted by Gasteiger charge is 2.31. The smallest absolute Gasteiger partial charge is 0.264 e. The number of hydrogen-bond acceptors (Lipinski definition) is 7. The molecule has 5 rings (SSSR count). The number of fused-ring (bicyclic) bond motifs is 1. The summed E-state index contributed by atoms with van der Waals surface area (Å²) in [4.78, 5) is 9.95. The molecule has 0 unspecified atom stereocenters. The molecule has 2 atom stereocenters. The van der Waals surface area contributed by atoms with E-state index in [0.717, 1.165) is 18.2 Å². The molecule has 0 amide bonds. The number of aryl methyl sites for hydroxylation is 1. The molecule has 9 nitrogen and oxygen atoms in total. The van der Waals surface area contributed by atoms with Gasteiger partial charge in [-0.2, -0.15) is 10.1 Å². The van der Waals surface area contributed by atoms with Crippen LogP contribution in [0.15, 0.2) is 41.3 Å². The molecule has 0 aliphatic carbocycles. The number of H-pyrrole nitrogens is 1. The summed E-state index contributed by atoms with van der Waals surface area (Å²) in [5, 5.41) is 6.99. The van der Waals surface area contributed by atoms with Crippen LogP contribution in [0.1, 0.15) is 12.1 Å². The van der Waals surface area contributed by atoms with Gasteiger partial charge in [-0.1, -0.05) is 17.7 Å². The Morgan fingerprint density at radius 3 is 2.74 bits per heavy atom. The van der Waals surface area contributed by atoms with Crippen molar-refractivity contribution in [3.05, 3.63) is 58.7 Å². The van der Waals surface area contributed by atoms with Crippen LogP contribution in [0, 0.1) is 18.6 Å². The zero-order valence-corrected chi connectivity index (χ0v) is 21.7. The molecular formula is C24H22ClF3N6O3S. The Morgan fingerprint density at radius 2 is 2.00 bits per heavy atom. The summed E-state index contributed by atoms with van der Waals surface area (Å²) < 4.78 is 77.3. The first-order valence-corrected chi connectivity index (χ1v) is 13.4. The number of rotatable bonds is 6. The van der Waals surface area contributed by atoms with Gasteiger partial charge < -0.3 is 9.64 Å². The average molecular weight is 567 g/mol. The van der Waals surface area contributed by atoms with E-state index in [1.165, 1.54) is 18.2 Å². The summed E-state index contributed by atoms with van der Waals surface area (Å²) in [6, 6.07) is 7.04. The molecule has 200 valence electrons. The fourth-order valence-electron chi connectivity index (χ4n) is 4.19. The summed E-state index contributed by atoms with van der Waals surface area (Å²) >= 11 is 5.68. The summed E-state index contributed by atoms with van der Waals surface area (Å²) in [7, 11) is -2.65. The van der Waals surface area contributed by atoms with Gasteiger partial charge in [-0.05, 0) is 50.7 Å². The van der Waals surface area contributed by atoms with Gasteiger partial charge in [0.1, 0.15) is 28.4 Å². The van der Waals surface area contributed by atoms with E-state index in [1.54, 1.807) is 6.92 Å². The Bertz CT molecular complexity index is 1630. The van der Waals surface area contributed by atoms with Crippen molar-refractivity contribution in [1.82, 2.24) is 25.1 Å². The lowest BCUT2D eigenvalue weighted by Crippen LogP contribution is -2.45. The van der Waals surface area contributed by atoms with Crippen molar-refractivity contribution in [3.63, 3.8) is 0 Å². The predicted molar refractivity (Wildman–Crippen MR) is 135 cm³/mol. The van der Waals surface area contributed by atoms with E-state index in [0.29, 0.717) is 29.7 Å². The number of nitrogens with one attached hydrogen (secondary N) is 2. The van der Waals surface area contributed by atoms with Gasteiger partial charge in [0.15, 0.2) is 17.3 Å². The molecule has 2 aromatic carbocycles. The number of ether oxygens (including phenoxy) is 1. The Kier molecular flexibility index (Phi) is 6.92. The molecular weight excluding hydrogens is 545 g/mol. The lowest BCUT2D eigenvalue weighted by molar-refractivity contribution is 0.0296. The van der Waals surface area contributed by atoms with Crippen molar-refractivity contribution in [2.75, 3.05) is 24.9 Å². The summed E-state index contributed by atoms with van der Waals surface area (Å²) in [5.41, 5.74) is 0.634. The highest BCUT2D eigenvalue weighted by atomic mass is 35.5. The number of halogens is 4. The minimum absolute atomic E-state index is 0.0497. The second-order valence-corrected chi connectivity index (χ2v) is 11.0. The van der Waals surface area contributed by atoms with Crippen molar-refractivity contribution in [1.29, 1.82) is 0 Å². The zero-order valence-electron chi connectivity index (χ0n) is 20.2. The van der Waals surface area contributed by atoms with Gasteiger partial charge in [0.05, 0.1) is 16.4 Å². The molecule has 3 heterocycles. The van der Waals surface area contributed by atoms with Crippen LogP contribution in [-0.4, -0.2) is 65.9 Å². The van der Waals surface area contributed by atoms with E-state index < -0.39 is 44.5 Å². The fourth-order valence-corrected chi connectivity index (χ4v) is 5.59. The van der Waals surface area contributed by atoms with Gasteiger partial charge in [0.25, 0.3) is 10.0 Å². The van der Waals surface area contributed by atoms with Crippen molar-refractivity contribution in [3.8, 4) is 17.3 Å². The molecule has 38 heavy (non-hydrogen) atoms. The van der Waals surface area contributed by atoms with Crippen molar-refractivity contribution >= 4 is 38.3 Å². The Labute approximate surface area is 221 Å². The van der Waals surface area contributed by atoms with Crippen LogP contribution in [0.4, 0.5) is 18.9 Å². The van der Waals surface area contributed by atoms with E-state index in [1.807, 2.05) is 16.7 Å². The molecule has 1 saturated heterocycles. The number of sulfonamides is 1. The Balaban J connectivity index is 1.47. The highest BCUT2D eigenvalue weighted by Crippen LogP contribution is 2.32.